The molecule has 7 amide bonds. The standard InChI is InChI=1S/C73H102N14O12.C8H13N3O.HN4.2O.2Tc/c1-45(2)29-51(30-46(3)4)33-64(90)61(36-56-41-79-44-82-56)84-67(93)24-22-62(88)70(47(5)6)87-71(96)48(7)31-63(89)60(34-53-40-80-58-16-12-11-15-57(53)58)86-73(98)52(19-23-66(76)92)35-65(91)59(32-49-13-9-8-10-14-49)85-69(95)43-99-42-68(94)83-55-20-17-50(18-21-55)37-81-72(97)54(38-77-27-25-74)39-78-28-26-75;1-2-10-8(5-12)3-7-4-9-6-11-7;1-3-4-2;;;;/h8-18,20-21,40-41,44-48,51-52,54,59-61,70,74-75,80H,19,22-39,42-43H2,1-7H3,(H2,76,92)(H,79,82)(H,81,97)(H,83,94)(H,84,93)(H,85,95)(H,86,98)(H,87,96);4-6,8,10H,2-3H2,1H3,(H,9,11);1H;;;;/q-4;;-1;;;;/t48-,52-,59-,60+,61+,70?;8-;;;;;/m11...../s1/i;;;;;1+1;. The number of likely N-dealkylation sites (N-methyl/N-ethyl adjacent to an activating group) is 1. The van der Waals surface area contributed by atoms with Crippen LogP contribution in [0.2, 0.25) is 0 Å². The van der Waals surface area contributed by atoms with Gasteiger partial charge in [-0.3, -0.25) is 68.7 Å². The number of fused-ring (bicyclic) bond motifs is 1. The van der Waals surface area contributed by atoms with Crippen LogP contribution in [0.25, 0.3) is 38.5 Å². The maximum atomic E-state index is 14.7. The van der Waals surface area contributed by atoms with Crippen molar-refractivity contribution < 1.29 is 107 Å². The van der Waals surface area contributed by atoms with Crippen LogP contribution in [0, 0.1) is 47.0 Å². The number of ether oxygens (including phenoxy) is 1. The number of benzene rings is 3. The van der Waals surface area contributed by atoms with Crippen molar-refractivity contribution in [1.82, 2.24) is 56.8 Å². The van der Waals surface area contributed by atoms with Gasteiger partial charge in [0.2, 0.25) is 41.4 Å². The third-order valence-corrected chi connectivity index (χ3v) is 18.5. The van der Waals surface area contributed by atoms with Gasteiger partial charge in [0.15, 0.2) is 23.1 Å². The van der Waals surface area contributed by atoms with E-state index < -0.39 is 144 Å². The number of hydrogen-bond donors (Lipinski definition) is 12. The molecule has 0 spiro atoms. The first-order valence-corrected chi connectivity index (χ1v) is 40.7. The van der Waals surface area contributed by atoms with Crippen molar-refractivity contribution in [3.63, 3.8) is 0 Å². The van der Waals surface area contributed by atoms with Crippen LogP contribution in [0.15, 0.2) is 121 Å². The number of aromatic nitrogens is 5. The molecule has 0 saturated carbocycles. The Morgan fingerprint density at radius 1 is 0.630 bits per heavy atom. The van der Waals surface area contributed by atoms with Gasteiger partial charge in [-0.25, -0.2) is 9.97 Å². The molecule has 0 bridgehead atoms. The molecule has 3 heterocycles. The third kappa shape index (κ3) is 43.6. The molecule has 1 unspecified atom stereocenters. The fourth-order valence-electron chi connectivity index (χ4n) is 12.8. The second-order valence-electron chi connectivity index (χ2n) is 29.5. The number of imidazole rings is 2. The fraction of sp³-hybridized carbons (Fsp3) is 0.531. The van der Waals surface area contributed by atoms with Gasteiger partial charge in [-0.15, -0.1) is 13.1 Å². The van der Waals surface area contributed by atoms with E-state index in [-0.39, 0.29) is 128 Å². The Bertz CT molecular complexity index is 4070. The van der Waals surface area contributed by atoms with Crippen molar-refractivity contribution in [1.29, 1.82) is 5.53 Å². The molecule has 3 aromatic heterocycles. The predicted molar refractivity (Wildman–Crippen MR) is 438 cm³/mol. The van der Waals surface area contributed by atoms with Gasteiger partial charge in [-0.2, -0.15) is 26.2 Å². The molecule has 6 rings (SSSR count). The predicted octanol–water partition coefficient (Wildman–Crippen LogP) is 8.55. The molecule has 7 atom stereocenters. The summed E-state index contributed by atoms with van der Waals surface area (Å²) in [6, 6.07) is 18.2. The van der Waals surface area contributed by atoms with Gasteiger partial charge in [0.05, 0.1) is 42.9 Å². The number of para-hydroxylation sites is 1. The Kier molecular flexibility index (Phi) is 53.5. The number of ketones is 4. The first-order valence-electron chi connectivity index (χ1n) is 39.2. The number of Topliss-reactive ketones (excluding diaryl/α,β-unsaturated/α-hetero) is 4. The van der Waals surface area contributed by atoms with Gasteiger partial charge in [0.1, 0.15) is 19.5 Å². The Labute approximate surface area is 715 Å². The van der Waals surface area contributed by atoms with E-state index in [0.29, 0.717) is 53.9 Å². The number of aldehydes is 1. The number of rotatable bonds is 55. The van der Waals surface area contributed by atoms with Crippen molar-refractivity contribution in [3.8, 4) is 0 Å². The molecule has 0 saturated heterocycles. The second-order valence-corrected chi connectivity index (χ2v) is 29.8. The molecular weight excluding hydrogens is 1700 g/mol. The first-order chi connectivity index (χ1) is 56.5. The van der Waals surface area contributed by atoms with E-state index in [1.807, 2.05) is 36.4 Å². The molecule has 6 aromatic rings. The van der Waals surface area contributed by atoms with E-state index in [0.717, 1.165) is 47.8 Å². The van der Waals surface area contributed by atoms with Gasteiger partial charge in [-0.05, 0) is 90.8 Å². The van der Waals surface area contributed by atoms with Gasteiger partial charge >= 0.3 is 24.6 Å². The zero-order chi connectivity index (χ0) is 87.3. The summed E-state index contributed by atoms with van der Waals surface area (Å²) in [5.74, 6) is -8.36. The number of carbonyl (C=O) groups is 12. The zero-order valence-corrected chi connectivity index (χ0v) is 72.5. The number of carbonyl (C=O) groups excluding carboxylic acids is 12. The van der Waals surface area contributed by atoms with Crippen LogP contribution in [-0.2, 0) is 139 Å². The van der Waals surface area contributed by atoms with Crippen molar-refractivity contribution in [2.24, 2.45) is 57.6 Å². The molecule has 15 N–H and O–H groups in total. The average Bonchev–Trinajstić information content (AvgIpc) is 1.70. The summed E-state index contributed by atoms with van der Waals surface area (Å²) >= 11 is -1.91. The van der Waals surface area contributed by atoms with Crippen LogP contribution < -0.4 is 43.0 Å². The molecule has 654 valence electrons. The Hall–Kier alpha value is -9.88. The molecule has 3 aromatic carbocycles. The number of H-pyrrole nitrogens is 3. The summed E-state index contributed by atoms with van der Waals surface area (Å²) in [6.45, 7) is 16.5. The van der Waals surface area contributed by atoms with E-state index >= 15 is 0 Å². The van der Waals surface area contributed by atoms with Gasteiger partial charge in [0.25, 0.3) is 0 Å². The van der Waals surface area contributed by atoms with E-state index in [1.54, 1.807) is 93.4 Å². The maximum absolute atomic E-state index is 14.7. The topological polar surface area (TPSA) is 578 Å². The zero-order valence-electron chi connectivity index (χ0n) is 68.7. The number of aromatic amines is 3. The molecule has 119 heavy (non-hydrogen) atoms. The van der Waals surface area contributed by atoms with Crippen LogP contribution in [0.3, 0.4) is 0 Å². The van der Waals surface area contributed by atoms with Crippen LogP contribution in [0.4, 0.5) is 5.69 Å². The van der Waals surface area contributed by atoms with E-state index in [2.05, 4.69) is 106 Å². The van der Waals surface area contributed by atoms with Crippen LogP contribution in [0.1, 0.15) is 141 Å². The molecule has 0 fully saturated rings. The van der Waals surface area contributed by atoms with E-state index in [1.165, 1.54) is 13.3 Å². The number of nitrogens with one attached hydrogen (secondary N) is 13. The summed E-state index contributed by atoms with van der Waals surface area (Å²) in [7, 11) is 0. The van der Waals surface area contributed by atoms with Crippen LogP contribution in [-0.4, -0.2) is 185 Å². The minimum atomic E-state index is -1.91. The van der Waals surface area contributed by atoms with Crippen molar-refractivity contribution in [2.45, 2.75) is 176 Å². The number of nitrogens with two attached hydrogens (primary N) is 1. The van der Waals surface area contributed by atoms with Crippen molar-refractivity contribution in [2.75, 3.05) is 64.3 Å². The molecular formula is C81H116N21O15Tc2-5. The summed E-state index contributed by atoms with van der Waals surface area (Å²) in [4.78, 5) is 179. The normalized spacial score (nSPS) is 12.7. The second kappa shape index (κ2) is 60.6. The van der Waals surface area contributed by atoms with Crippen LogP contribution >= 0.6 is 0 Å². The number of anilines is 1. The molecule has 0 aliphatic carbocycles. The third-order valence-electron chi connectivity index (χ3n) is 18.5. The molecule has 1 radical (unpaired) electrons. The summed E-state index contributed by atoms with van der Waals surface area (Å²) in [5.41, 5.74) is 37.9. The number of hydrogen-bond acceptors (Lipinski definition) is 19. The molecule has 36 nitrogen and oxygen atoms in total. The van der Waals surface area contributed by atoms with Gasteiger partial charge in [-0.1, -0.05) is 116 Å². The summed E-state index contributed by atoms with van der Waals surface area (Å²) in [5, 5.41) is 33.2. The quantitative estimate of drug-likeness (QED) is 0.00736. The Balaban J connectivity index is 0.00000212. The number of primary amides is 1. The fourth-order valence-corrected chi connectivity index (χ4v) is 12.8. The van der Waals surface area contributed by atoms with Crippen molar-refractivity contribution >= 4 is 87.4 Å². The average molecular weight is 1820 g/mol. The summed E-state index contributed by atoms with van der Waals surface area (Å²) in [6.07, 6.45) is 9.88. The molecule has 0 aliphatic rings. The van der Waals surface area contributed by atoms with Gasteiger partial charge < -0.3 is 95.1 Å². The summed E-state index contributed by atoms with van der Waals surface area (Å²) < 4.78 is 22.4. The van der Waals surface area contributed by atoms with Crippen LogP contribution in [0.5, 0.6) is 0 Å². The van der Waals surface area contributed by atoms with Gasteiger partial charge in [0, 0.05) is 149 Å². The molecule has 38 heteroatoms. The van der Waals surface area contributed by atoms with Crippen molar-refractivity contribution in [3.05, 3.63) is 166 Å². The molecule has 0 aliphatic heterocycles. The Morgan fingerprint density at radius 3 is 1.74 bits per heavy atom. The SMILES string of the molecule is CC(C)CC(CC(=O)[C@H](Cc1cnc[nH]1)NC(=O)CCC(=O)C(NC(=O)[C@H](C)CC(=O)[C@H](Cc1c[nH]c2ccccc12)NC(=O)[C@H](CCC(N)=O)CC(=O)[C@@H](Cc1ccccc1)NC(=O)COCC(=O)Nc1ccc(CNC(=O)C(C[N-]CC[NH-])C[N-]CC[NH-])cc1)C(C)C)CC(C)C.CCN[C@@H](C=O)Cc1cnc[nH]1.[99Tc].[N-]=NN=N.[O]=[Tc]=[O]. The monoisotopic (exact) mass is 1820 g/mol. The van der Waals surface area contributed by atoms with E-state index in [9.17, 15) is 57.5 Å². The number of nitrogens with zero attached hydrogens (tertiary/aromatic N) is 7. The van der Waals surface area contributed by atoms with E-state index in [4.69, 9.17) is 40.0 Å². The number of amides is 7. The first kappa shape index (κ1) is 105. The minimum absolute atomic E-state index is 0. The Morgan fingerprint density at radius 2 is 1.18 bits per heavy atom.